The number of nitrogens with zero attached hydrogens (tertiary/aromatic N) is 1. The predicted octanol–water partition coefficient (Wildman–Crippen LogP) is 2.86. The Balaban J connectivity index is 2.49. The SMILES string of the molecule is CN1C(=O)CCCC(C(=O)O)C1c1cc(F)cc(Cl)c1. The van der Waals surface area contributed by atoms with E-state index in [1.807, 2.05) is 0 Å². The van der Waals surface area contributed by atoms with Crippen LogP contribution in [0, 0.1) is 11.7 Å². The molecule has 1 amide bonds. The Labute approximate surface area is 121 Å². The zero-order valence-electron chi connectivity index (χ0n) is 11.0. The number of amides is 1. The molecule has 108 valence electrons. The molecule has 0 spiro atoms. The Morgan fingerprint density at radius 1 is 1.45 bits per heavy atom. The summed E-state index contributed by atoms with van der Waals surface area (Å²) in [5.41, 5.74) is 0.417. The molecule has 0 radical (unpaired) electrons. The molecule has 0 aromatic heterocycles. The number of carboxylic acids is 1. The quantitative estimate of drug-likeness (QED) is 0.913. The van der Waals surface area contributed by atoms with Crippen molar-refractivity contribution in [2.75, 3.05) is 7.05 Å². The summed E-state index contributed by atoms with van der Waals surface area (Å²) in [7, 11) is 1.55. The molecule has 0 saturated carbocycles. The van der Waals surface area contributed by atoms with Crippen LogP contribution in [-0.2, 0) is 9.59 Å². The first-order chi connectivity index (χ1) is 9.40. The molecule has 6 heteroatoms. The highest BCUT2D eigenvalue weighted by molar-refractivity contribution is 6.30. The van der Waals surface area contributed by atoms with Crippen molar-refractivity contribution in [2.24, 2.45) is 5.92 Å². The van der Waals surface area contributed by atoms with E-state index in [0.717, 1.165) is 6.07 Å². The number of aliphatic carboxylic acids is 1. The topological polar surface area (TPSA) is 57.6 Å². The fourth-order valence-electron chi connectivity index (χ4n) is 2.69. The molecule has 1 N–H and O–H groups in total. The van der Waals surface area contributed by atoms with Crippen molar-refractivity contribution in [3.8, 4) is 0 Å². The molecular weight excluding hydrogens is 285 g/mol. The predicted molar refractivity (Wildman–Crippen MR) is 71.9 cm³/mol. The molecule has 2 rings (SSSR count). The van der Waals surface area contributed by atoms with Gasteiger partial charge in [-0.15, -0.1) is 0 Å². The van der Waals surface area contributed by atoms with Crippen LogP contribution < -0.4 is 0 Å². The van der Waals surface area contributed by atoms with E-state index in [-0.39, 0.29) is 10.9 Å². The molecule has 0 bridgehead atoms. The first-order valence-corrected chi connectivity index (χ1v) is 6.72. The lowest BCUT2D eigenvalue weighted by atomic mass is 9.89. The van der Waals surface area contributed by atoms with Crippen LogP contribution in [0.3, 0.4) is 0 Å². The molecule has 0 aliphatic carbocycles. The van der Waals surface area contributed by atoms with Crippen LogP contribution in [0.2, 0.25) is 5.02 Å². The van der Waals surface area contributed by atoms with Gasteiger partial charge in [0.15, 0.2) is 0 Å². The first-order valence-electron chi connectivity index (χ1n) is 6.34. The van der Waals surface area contributed by atoms with Crippen LogP contribution in [0.25, 0.3) is 0 Å². The standard InChI is InChI=1S/C14H15ClFNO3/c1-17-12(18)4-2-3-11(14(19)20)13(17)8-5-9(15)7-10(16)6-8/h5-7,11,13H,2-4H2,1H3,(H,19,20). The summed E-state index contributed by atoms with van der Waals surface area (Å²) in [5, 5.41) is 9.56. The second-order valence-corrected chi connectivity index (χ2v) is 5.43. The fourth-order valence-corrected chi connectivity index (χ4v) is 2.92. The lowest BCUT2D eigenvalue weighted by Gasteiger charge is -2.30. The molecule has 1 fully saturated rings. The van der Waals surface area contributed by atoms with Crippen LogP contribution in [0.5, 0.6) is 0 Å². The number of carbonyl (C=O) groups is 2. The lowest BCUT2D eigenvalue weighted by molar-refractivity contribution is -0.145. The van der Waals surface area contributed by atoms with Crippen molar-refractivity contribution >= 4 is 23.5 Å². The van der Waals surface area contributed by atoms with Gasteiger partial charge in [-0.25, -0.2) is 4.39 Å². The maximum absolute atomic E-state index is 13.5. The number of halogens is 2. The van der Waals surface area contributed by atoms with Gasteiger partial charge in [-0.2, -0.15) is 0 Å². The third kappa shape index (κ3) is 2.93. The minimum absolute atomic E-state index is 0.140. The third-order valence-electron chi connectivity index (χ3n) is 3.64. The summed E-state index contributed by atoms with van der Waals surface area (Å²) < 4.78 is 13.5. The molecule has 1 aromatic rings. The zero-order valence-corrected chi connectivity index (χ0v) is 11.7. The Kier molecular flexibility index (Phi) is 4.28. The van der Waals surface area contributed by atoms with Gasteiger partial charge in [0, 0.05) is 18.5 Å². The van der Waals surface area contributed by atoms with E-state index < -0.39 is 23.7 Å². The van der Waals surface area contributed by atoms with Crippen molar-refractivity contribution in [1.29, 1.82) is 0 Å². The monoisotopic (exact) mass is 299 g/mol. The van der Waals surface area contributed by atoms with Crippen LogP contribution >= 0.6 is 11.6 Å². The number of carbonyl (C=O) groups excluding carboxylic acids is 1. The Hall–Kier alpha value is -1.62. The van der Waals surface area contributed by atoms with Gasteiger partial charge in [0.2, 0.25) is 5.91 Å². The van der Waals surface area contributed by atoms with E-state index in [1.165, 1.54) is 17.0 Å². The second kappa shape index (κ2) is 5.79. The third-order valence-corrected chi connectivity index (χ3v) is 3.86. The maximum atomic E-state index is 13.5. The molecule has 1 saturated heterocycles. The highest BCUT2D eigenvalue weighted by Gasteiger charge is 2.37. The van der Waals surface area contributed by atoms with Crippen LogP contribution in [0.15, 0.2) is 18.2 Å². The average molecular weight is 300 g/mol. The number of hydrogen-bond donors (Lipinski definition) is 1. The Morgan fingerprint density at radius 2 is 2.15 bits per heavy atom. The van der Waals surface area contributed by atoms with Gasteiger partial charge in [0.25, 0.3) is 0 Å². The summed E-state index contributed by atoms with van der Waals surface area (Å²) in [6.07, 6.45) is 1.20. The average Bonchev–Trinajstić information content (AvgIpc) is 2.48. The minimum atomic E-state index is -0.989. The summed E-state index contributed by atoms with van der Waals surface area (Å²) in [6, 6.07) is 3.21. The van der Waals surface area contributed by atoms with E-state index in [1.54, 1.807) is 7.05 Å². The molecule has 2 atom stereocenters. The fraction of sp³-hybridized carbons (Fsp3) is 0.429. The summed E-state index contributed by atoms with van der Waals surface area (Å²) in [4.78, 5) is 24.8. The van der Waals surface area contributed by atoms with Gasteiger partial charge >= 0.3 is 5.97 Å². The lowest BCUT2D eigenvalue weighted by Crippen LogP contribution is -2.36. The zero-order chi connectivity index (χ0) is 14.9. The molecule has 20 heavy (non-hydrogen) atoms. The maximum Gasteiger partial charge on any atom is 0.308 e. The van der Waals surface area contributed by atoms with Crippen molar-refractivity contribution in [2.45, 2.75) is 25.3 Å². The minimum Gasteiger partial charge on any atom is -0.481 e. The van der Waals surface area contributed by atoms with Gasteiger partial charge in [0.1, 0.15) is 5.82 Å². The van der Waals surface area contributed by atoms with Gasteiger partial charge in [0.05, 0.1) is 12.0 Å². The molecule has 1 aliphatic rings. The Bertz CT molecular complexity index is 529. The highest BCUT2D eigenvalue weighted by atomic mass is 35.5. The number of benzene rings is 1. The molecule has 1 aliphatic heterocycles. The van der Waals surface area contributed by atoms with Crippen molar-refractivity contribution < 1.29 is 19.1 Å². The molecule has 4 nitrogen and oxygen atoms in total. The van der Waals surface area contributed by atoms with E-state index in [0.29, 0.717) is 24.8 Å². The number of likely N-dealkylation sites (tertiary alicyclic amines) is 1. The summed E-state index contributed by atoms with van der Waals surface area (Å²) in [6.45, 7) is 0. The summed E-state index contributed by atoms with van der Waals surface area (Å²) >= 11 is 5.83. The number of rotatable bonds is 2. The van der Waals surface area contributed by atoms with Crippen LogP contribution in [-0.4, -0.2) is 28.9 Å². The number of carboxylic acid groups (broad SMARTS) is 1. The second-order valence-electron chi connectivity index (χ2n) is 4.99. The molecule has 2 unspecified atom stereocenters. The summed E-state index contributed by atoms with van der Waals surface area (Å²) in [5.74, 6) is -2.43. The highest BCUT2D eigenvalue weighted by Crippen LogP contribution is 2.36. The van der Waals surface area contributed by atoms with Crippen molar-refractivity contribution in [3.63, 3.8) is 0 Å². The van der Waals surface area contributed by atoms with Gasteiger partial charge < -0.3 is 10.0 Å². The smallest absolute Gasteiger partial charge is 0.308 e. The Morgan fingerprint density at radius 3 is 2.75 bits per heavy atom. The van der Waals surface area contributed by atoms with Gasteiger partial charge in [-0.1, -0.05) is 11.6 Å². The van der Waals surface area contributed by atoms with Gasteiger partial charge in [-0.3, -0.25) is 9.59 Å². The van der Waals surface area contributed by atoms with Crippen LogP contribution in [0.4, 0.5) is 4.39 Å². The van der Waals surface area contributed by atoms with Crippen LogP contribution in [0.1, 0.15) is 30.9 Å². The van der Waals surface area contributed by atoms with E-state index in [4.69, 9.17) is 11.6 Å². The normalized spacial score (nSPS) is 23.6. The van der Waals surface area contributed by atoms with Gasteiger partial charge in [-0.05, 0) is 36.6 Å². The van der Waals surface area contributed by atoms with E-state index in [2.05, 4.69) is 0 Å². The number of hydrogen-bond acceptors (Lipinski definition) is 2. The largest absolute Gasteiger partial charge is 0.481 e. The molecular formula is C14H15ClFNO3. The van der Waals surface area contributed by atoms with E-state index in [9.17, 15) is 19.1 Å². The van der Waals surface area contributed by atoms with Crippen molar-refractivity contribution in [1.82, 2.24) is 4.90 Å². The molecule has 1 heterocycles. The van der Waals surface area contributed by atoms with E-state index >= 15 is 0 Å². The first kappa shape index (κ1) is 14.8. The molecule has 1 aromatic carbocycles. The van der Waals surface area contributed by atoms with Crippen molar-refractivity contribution in [3.05, 3.63) is 34.6 Å².